The van der Waals surface area contributed by atoms with Crippen molar-refractivity contribution >= 4 is 11.6 Å². The molecule has 1 unspecified atom stereocenters. The Morgan fingerprint density at radius 3 is 2.75 bits per heavy atom. The van der Waals surface area contributed by atoms with E-state index in [1.807, 2.05) is 20.0 Å². The maximum absolute atomic E-state index is 6.22. The van der Waals surface area contributed by atoms with Gasteiger partial charge in [-0.3, -0.25) is 0 Å². The number of aryl methyl sites for hydroxylation is 1. The van der Waals surface area contributed by atoms with Crippen LogP contribution >= 0.6 is 11.6 Å². The predicted octanol–water partition coefficient (Wildman–Crippen LogP) is 3.34. The lowest BCUT2D eigenvalue weighted by atomic mass is 10.1. The van der Waals surface area contributed by atoms with Crippen molar-refractivity contribution < 1.29 is 4.74 Å². The molecule has 3 heteroatoms. The summed E-state index contributed by atoms with van der Waals surface area (Å²) < 4.78 is 5.55. The van der Waals surface area contributed by atoms with E-state index in [1.54, 1.807) is 0 Å². The van der Waals surface area contributed by atoms with Crippen molar-refractivity contribution in [2.24, 2.45) is 0 Å². The van der Waals surface area contributed by atoms with E-state index in [-0.39, 0.29) is 6.04 Å². The van der Waals surface area contributed by atoms with Crippen LogP contribution in [0.5, 0.6) is 0 Å². The van der Waals surface area contributed by atoms with Crippen LogP contribution in [0.25, 0.3) is 0 Å². The van der Waals surface area contributed by atoms with Crippen LogP contribution in [0.1, 0.15) is 30.5 Å². The molecule has 0 radical (unpaired) electrons. The van der Waals surface area contributed by atoms with E-state index in [4.69, 9.17) is 16.3 Å². The molecule has 0 bridgehead atoms. The lowest BCUT2D eigenvalue weighted by Crippen LogP contribution is -2.22. The Bertz CT molecular complexity index is 328. The maximum Gasteiger partial charge on any atom is 0.0661 e. The van der Waals surface area contributed by atoms with Gasteiger partial charge in [-0.1, -0.05) is 30.7 Å². The largest absolute Gasteiger partial charge is 0.379 e. The highest BCUT2D eigenvalue weighted by Crippen LogP contribution is 2.24. The third-order valence-electron chi connectivity index (χ3n) is 2.51. The number of halogens is 1. The van der Waals surface area contributed by atoms with E-state index in [1.165, 1.54) is 5.56 Å². The molecule has 0 saturated carbocycles. The third kappa shape index (κ3) is 3.78. The van der Waals surface area contributed by atoms with Crippen molar-refractivity contribution in [2.45, 2.75) is 26.3 Å². The number of rotatable bonds is 6. The first-order valence-corrected chi connectivity index (χ1v) is 6.08. The molecule has 0 amide bonds. The van der Waals surface area contributed by atoms with E-state index < -0.39 is 0 Å². The Hall–Kier alpha value is -0.570. The number of benzene rings is 1. The molecule has 16 heavy (non-hydrogen) atoms. The second-order valence-corrected chi connectivity index (χ2v) is 4.35. The molecule has 0 aliphatic heterocycles. The van der Waals surface area contributed by atoms with Gasteiger partial charge in [0.25, 0.3) is 0 Å². The summed E-state index contributed by atoms with van der Waals surface area (Å²) in [6.07, 6.45) is 1.04. The van der Waals surface area contributed by atoms with E-state index in [9.17, 15) is 0 Å². The molecule has 1 aromatic rings. The molecule has 1 rings (SSSR count). The van der Waals surface area contributed by atoms with Crippen LogP contribution < -0.4 is 5.32 Å². The van der Waals surface area contributed by atoms with E-state index in [0.717, 1.165) is 23.6 Å². The van der Waals surface area contributed by atoms with E-state index >= 15 is 0 Å². The summed E-state index contributed by atoms with van der Waals surface area (Å²) >= 11 is 6.22. The SMILES string of the molecule is CCCOCC(NC)c1ccc(C)cc1Cl. The lowest BCUT2D eigenvalue weighted by molar-refractivity contribution is 0.114. The Balaban J connectivity index is 2.70. The van der Waals surface area contributed by atoms with Crippen molar-refractivity contribution in [3.05, 3.63) is 34.3 Å². The Morgan fingerprint density at radius 2 is 2.19 bits per heavy atom. The quantitative estimate of drug-likeness (QED) is 0.772. The van der Waals surface area contributed by atoms with Gasteiger partial charge in [-0.05, 0) is 37.6 Å². The molecule has 0 heterocycles. The maximum atomic E-state index is 6.22. The fourth-order valence-electron chi connectivity index (χ4n) is 1.59. The van der Waals surface area contributed by atoms with Crippen LogP contribution in [0.2, 0.25) is 5.02 Å². The Labute approximate surface area is 103 Å². The molecule has 2 nitrogen and oxygen atoms in total. The van der Waals surface area contributed by atoms with Crippen LogP contribution in [0.4, 0.5) is 0 Å². The zero-order valence-corrected chi connectivity index (χ0v) is 11.0. The molecule has 0 aromatic heterocycles. The van der Waals surface area contributed by atoms with Gasteiger partial charge in [0.1, 0.15) is 0 Å². The summed E-state index contributed by atoms with van der Waals surface area (Å²) in [7, 11) is 1.93. The summed E-state index contributed by atoms with van der Waals surface area (Å²) in [6, 6.07) is 6.29. The molecule has 1 N–H and O–H groups in total. The van der Waals surface area contributed by atoms with Gasteiger partial charge < -0.3 is 10.1 Å². The zero-order valence-electron chi connectivity index (χ0n) is 10.2. The van der Waals surface area contributed by atoms with Gasteiger partial charge in [0.05, 0.1) is 12.6 Å². The summed E-state index contributed by atoms with van der Waals surface area (Å²) in [6.45, 7) is 5.60. The number of likely N-dealkylation sites (N-methyl/N-ethyl adjacent to an activating group) is 1. The van der Waals surface area contributed by atoms with Crippen molar-refractivity contribution in [3.63, 3.8) is 0 Å². The van der Waals surface area contributed by atoms with Crippen LogP contribution in [0.3, 0.4) is 0 Å². The van der Waals surface area contributed by atoms with Crippen LogP contribution in [-0.4, -0.2) is 20.3 Å². The highest BCUT2D eigenvalue weighted by Gasteiger charge is 2.12. The standard InChI is InChI=1S/C13H20ClNO/c1-4-7-16-9-13(15-3)11-6-5-10(2)8-12(11)14/h5-6,8,13,15H,4,7,9H2,1-3H3. The van der Waals surface area contributed by atoms with Crippen molar-refractivity contribution in [1.82, 2.24) is 5.32 Å². The predicted molar refractivity (Wildman–Crippen MR) is 69.1 cm³/mol. The fourth-order valence-corrected chi connectivity index (χ4v) is 1.96. The third-order valence-corrected chi connectivity index (χ3v) is 2.84. The topological polar surface area (TPSA) is 21.3 Å². The van der Waals surface area contributed by atoms with E-state index in [2.05, 4.69) is 24.4 Å². The Morgan fingerprint density at radius 1 is 1.44 bits per heavy atom. The minimum atomic E-state index is 0.166. The molecule has 1 atom stereocenters. The molecule has 0 saturated heterocycles. The molecular weight excluding hydrogens is 222 g/mol. The average Bonchev–Trinajstić information content (AvgIpc) is 2.26. The molecule has 90 valence electrons. The highest BCUT2D eigenvalue weighted by atomic mass is 35.5. The van der Waals surface area contributed by atoms with Gasteiger partial charge in [0.2, 0.25) is 0 Å². The molecule has 0 fully saturated rings. The zero-order chi connectivity index (χ0) is 12.0. The van der Waals surface area contributed by atoms with Gasteiger partial charge in [0.15, 0.2) is 0 Å². The van der Waals surface area contributed by atoms with Gasteiger partial charge in [-0.25, -0.2) is 0 Å². The molecule has 1 aromatic carbocycles. The van der Waals surface area contributed by atoms with Crippen molar-refractivity contribution in [1.29, 1.82) is 0 Å². The number of nitrogens with one attached hydrogen (secondary N) is 1. The van der Waals surface area contributed by atoms with Gasteiger partial charge >= 0.3 is 0 Å². The minimum absolute atomic E-state index is 0.166. The molecular formula is C13H20ClNO. The van der Waals surface area contributed by atoms with Crippen LogP contribution in [0, 0.1) is 6.92 Å². The second kappa shape index (κ2) is 6.89. The first-order valence-electron chi connectivity index (χ1n) is 5.70. The number of hydrogen-bond donors (Lipinski definition) is 1. The average molecular weight is 242 g/mol. The van der Waals surface area contributed by atoms with Gasteiger partial charge in [0, 0.05) is 11.6 Å². The number of hydrogen-bond acceptors (Lipinski definition) is 2. The molecule has 0 spiro atoms. The molecule has 0 aliphatic carbocycles. The van der Waals surface area contributed by atoms with Crippen LogP contribution in [-0.2, 0) is 4.74 Å². The van der Waals surface area contributed by atoms with Crippen molar-refractivity contribution in [2.75, 3.05) is 20.3 Å². The highest BCUT2D eigenvalue weighted by molar-refractivity contribution is 6.31. The summed E-state index contributed by atoms with van der Waals surface area (Å²) in [4.78, 5) is 0. The van der Waals surface area contributed by atoms with Crippen LogP contribution in [0.15, 0.2) is 18.2 Å². The summed E-state index contributed by atoms with van der Waals surface area (Å²) in [5.41, 5.74) is 2.28. The van der Waals surface area contributed by atoms with E-state index in [0.29, 0.717) is 6.61 Å². The number of ether oxygens (including phenoxy) is 1. The first kappa shape index (κ1) is 13.5. The summed E-state index contributed by atoms with van der Waals surface area (Å²) in [5, 5.41) is 4.03. The summed E-state index contributed by atoms with van der Waals surface area (Å²) in [5.74, 6) is 0. The Kier molecular flexibility index (Phi) is 5.81. The fraction of sp³-hybridized carbons (Fsp3) is 0.538. The smallest absolute Gasteiger partial charge is 0.0661 e. The molecule has 0 aliphatic rings. The normalized spacial score (nSPS) is 12.8. The lowest BCUT2D eigenvalue weighted by Gasteiger charge is -2.18. The van der Waals surface area contributed by atoms with Crippen molar-refractivity contribution in [3.8, 4) is 0 Å². The minimum Gasteiger partial charge on any atom is -0.379 e. The van der Waals surface area contributed by atoms with Gasteiger partial charge in [-0.15, -0.1) is 0 Å². The van der Waals surface area contributed by atoms with Gasteiger partial charge in [-0.2, -0.15) is 0 Å². The second-order valence-electron chi connectivity index (χ2n) is 3.94. The monoisotopic (exact) mass is 241 g/mol. The first-order chi connectivity index (χ1) is 7.69.